The van der Waals surface area contributed by atoms with Crippen LogP contribution < -0.4 is 10.6 Å². The molecule has 0 saturated heterocycles. The lowest BCUT2D eigenvalue weighted by atomic mass is 9.84. The summed E-state index contributed by atoms with van der Waals surface area (Å²) in [6.45, 7) is 13.1. The second kappa shape index (κ2) is 8.85. The Morgan fingerprint density at radius 1 is 1.30 bits per heavy atom. The Labute approximate surface area is 140 Å². The summed E-state index contributed by atoms with van der Waals surface area (Å²) in [6.07, 6.45) is 0.781. The smallest absolute Gasteiger partial charge is 0.407 e. The van der Waals surface area contributed by atoms with Crippen LogP contribution in [0.2, 0.25) is 0 Å². The van der Waals surface area contributed by atoms with Gasteiger partial charge < -0.3 is 24.8 Å². The third-order valence-corrected chi connectivity index (χ3v) is 4.00. The summed E-state index contributed by atoms with van der Waals surface area (Å²) in [5, 5.41) is 6.43. The van der Waals surface area contributed by atoms with Crippen LogP contribution >= 0.6 is 0 Å². The number of hydrogen-bond acceptors (Lipinski definition) is 5. The fourth-order valence-electron chi connectivity index (χ4n) is 2.71. The molecule has 23 heavy (non-hydrogen) atoms. The van der Waals surface area contributed by atoms with Crippen molar-refractivity contribution in [3.8, 4) is 0 Å². The third-order valence-electron chi connectivity index (χ3n) is 4.00. The van der Waals surface area contributed by atoms with Crippen LogP contribution in [0.25, 0.3) is 0 Å². The quantitative estimate of drug-likeness (QED) is 0.715. The first-order valence-corrected chi connectivity index (χ1v) is 8.55. The Kier molecular flexibility index (Phi) is 7.77. The molecule has 4 atom stereocenters. The molecule has 0 radical (unpaired) electrons. The highest BCUT2D eigenvalue weighted by atomic mass is 16.6. The zero-order valence-corrected chi connectivity index (χ0v) is 15.6. The van der Waals surface area contributed by atoms with Gasteiger partial charge in [-0.05, 0) is 40.0 Å². The van der Waals surface area contributed by atoms with Crippen LogP contribution in [0.4, 0.5) is 4.79 Å². The molecule has 0 aromatic carbocycles. The van der Waals surface area contributed by atoms with Crippen LogP contribution in [0.5, 0.6) is 0 Å². The fraction of sp³-hybridized carbons (Fsp3) is 0.941. The molecule has 1 fully saturated rings. The lowest BCUT2D eigenvalue weighted by Gasteiger charge is -2.45. The Morgan fingerprint density at radius 3 is 2.43 bits per heavy atom. The second-order valence-electron chi connectivity index (χ2n) is 7.44. The molecular formula is C17H34N2O4. The van der Waals surface area contributed by atoms with E-state index in [0.29, 0.717) is 19.1 Å². The van der Waals surface area contributed by atoms with Crippen LogP contribution in [0.1, 0.15) is 48.0 Å². The number of rotatable bonds is 8. The first-order valence-electron chi connectivity index (χ1n) is 8.55. The van der Waals surface area contributed by atoms with Gasteiger partial charge in [-0.1, -0.05) is 13.8 Å². The van der Waals surface area contributed by atoms with E-state index >= 15 is 0 Å². The number of alkyl carbamates (subject to hydrolysis) is 1. The molecular weight excluding hydrogens is 296 g/mol. The highest BCUT2D eigenvalue weighted by Gasteiger charge is 2.43. The van der Waals surface area contributed by atoms with Gasteiger partial charge in [-0.25, -0.2) is 4.79 Å². The number of ether oxygens (including phenoxy) is 3. The molecule has 2 N–H and O–H groups in total. The maximum absolute atomic E-state index is 11.8. The first kappa shape index (κ1) is 20.2. The summed E-state index contributed by atoms with van der Waals surface area (Å²) < 4.78 is 16.5. The lowest BCUT2D eigenvalue weighted by Crippen LogP contribution is -2.63. The molecule has 4 unspecified atom stereocenters. The number of methoxy groups -OCH3 is 1. The van der Waals surface area contributed by atoms with Crippen molar-refractivity contribution in [1.29, 1.82) is 0 Å². The number of carbonyl (C=O) groups is 1. The highest BCUT2D eigenvalue weighted by Crippen LogP contribution is 2.27. The summed E-state index contributed by atoms with van der Waals surface area (Å²) in [5.74, 6) is 0.383. The number of carbonyl (C=O) groups excluding carboxylic acids is 1. The minimum Gasteiger partial charge on any atom is -0.444 e. The van der Waals surface area contributed by atoms with Crippen molar-refractivity contribution in [2.45, 2.75) is 77.9 Å². The molecule has 0 aromatic rings. The number of amides is 1. The Morgan fingerprint density at radius 2 is 1.96 bits per heavy atom. The normalized spacial score (nSPS) is 25.8. The maximum Gasteiger partial charge on any atom is 0.407 e. The van der Waals surface area contributed by atoms with E-state index in [0.717, 1.165) is 6.42 Å². The van der Waals surface area contributed by atoms with Crippen LogP contribution in [-0.4, -0.2) is 56.2 Å². The van der Waals surface area contributed by atoms with Gasteiger partial charge in [0.15, 0.2) is 0 Å². The Bertz CT molecular complexity index is 368. The van der Waals surface area contributed by atoms with E-state index in [9.17, 15) is 4.79 Å². The molecule has 1 aliphatic carbocycles. The summed E-state index contributed by atoms with van der Waals surface area (Å²) in [5.41, 5.74) is -0.481. The van der Waals surface area contributed by atoms with Crippen molar-refractivity contribution in [3.63, 3.8) is 0 Å². The van der Waals surface area contributed by atoms with E-state index < -0.39 is 5.60 Å². The Hall–Kier alpha value is -0.850. The highest BCUT2D eigenvalue weighted by molar-refractivity contribution is 5.67. The molecule has 1 aliphatic rings. The zero-order chi connectivity index (χ0) is 17.6. The molecule has 136 valence electrons. The standard InChI is InChI=1S/C17H34N2O4/c1-8-22-14-9-12(15(14)21-7)19-13(11(2)3)10-18-16(20)23-17(4,5)6/h11-15,19H,8-10H2,1-7H3,(H,18,20). The van der Waals surface area contributed by atoms with Crippen molar-refractivity contribution in [2.75, 3.05) is 20.3 Å². The van der Waals surface area contributed by atoms with Crippen LogP contribution in [0, 0.1) is 5.92 Å². The van der Waals surface area contributed by atoms with Crippen molar-refractivity contribution >= 4 is 6.09 Å². The monoisotopic (exact) mass is 330 g/mol. The Balaban J connectivity index is 2.45. The fourth-order valence-corrected chi connectivity index (χ4v) is 2.71. The molecule has 1 saturated carbocycles. The summed E-state index contributed by atoms with van der Waals surface area (Å²) in [4.78, 5) is 11.8. The third kappa shape index (κ3) is 6.65. The van der Waals surface area contributed by atoms with Gasteiger partial charge in [-0.15, -0.1) is 0 Å². The van der Waals surface area contributed by atoms with E-state index in [2.05, 4.69) is 24.5 Å². The van der Waals surface area contributed by atoms with Crippen molar-refractivity contribution in [1.82, 2.24) is 10.6 Å². The van der Waals surface area contributed by atoms with Crippen LogP contribution in [-0.2, 0) is 14.2 Å². The van der Waals surface area contributed by atoms with Crippen molar-refractivity contribution < 1.29 is 19.0 Å². The molecule has 6 heteroatoms. The lowest BCUT2D eigenvalue weighted by molar-refractivity contribution is -0.133. The molecule has 6 nitrogen and oxygen atoms in total. The molecule has 1 rings (SSSR count). The molecule has 0 bridgehead atoms. The number of nitrogens with one attached hydrogen (secondary N) is 2. The summed E-state index contributed by atoms with van der Waals surface area (Å²) in [6, 6.07) is 0.414. The van der Waals surface area contributed by atoms with Crippen molar-refractivity contribution in [2.24, 2.45) is 5.92 Å². The van der Waals surface area contributed by atoms with Gasteiger partial charge in [0.1, 0.15) is 5.60 Å². The average Bonchev–Trinajstić information content (AvgIpc) is 2.38. The van der Waals surface area contributed by atoms with E-state index in [1.807, 2.05) is 27.7 Å². The van der Waals surface area contributed by atoms with Gasteiger partial charge in [-0.3, -0.25) is 0 Å². The van der Waals surface area contributed by atoms with E-state index in [-0.39, 0.29) is 30.4 Å². The summed E-state index contributed by atoms with van der Waals surface area (Å²) in [7, 11) is 1.72. The van der Waals surface area contributed by atoms with Crippen LogP contribution in [0.3, 0.4) is 0 Å². The SMILES string of the molecule is CCOC1CC(NC(CNC(=O)OC(C)(C)C)C(C)C)C1OC. The second-order valence-corrected chi connectivity index (χ2v) is 7.44. The van der Waals surface area contributed by atoms with Gasteiger partial charge in [0, 0.05) is 32.3 Å². The molecule has 1 amide bonds. The predicted octanol–water partition coefficient (Wildman–Crippen LogP) is 2.32. The number of hydrogen-bond donors (Lipinski definition) is 2. The van der Waals surface area contributed by atoms with Gasteiger partial charge >= 0.3 is 6.09 Å². The van der Waals surface area contributed by atoms with E-state index in [4.69, 9.17) is 14.2 Å². The van der Waals surface area contributed by atoms with E-state index in [1.54, 1.807) is 7.11 Å². The predicted molar refractivity (Wildman–Crippen MR) is 90.6 cm³/mol. The minimum absolute atomic E-state index is 0.0673. The largest absolute Gasteiger partial charge is 0.444 e. The van der Waals surface area contributed by atoms with Crippen molar-refractivity contribution in [3.05, 3.63) is 0 Å². The molecule has 0 aliphatic heterocycles. The zero-order valence-electron chi connectivity index (χ0n) is 15.6. The van der Waals surface area contributed by atoms with Crippen LogP contribution in [0.15, 0.2) is 0 Å². The van der Waals surface area contributed by atoms with Gasteiger partial charge in [0.05, 0.1) is 12.2 Å². The van der Waals surface area contributed by atoms with E-state index in [1.165, 1.54) is 0 Å². The topological polar surface area (TPSA) is 68.8 Å². The van der Waals surface area contributed by atoms with Gasteiger partial charge in [0.25, 0.3) is 0 Å². The molecule has 0 heterocycles. The summed E-state index contributed by atoms with van der Waals surface area (Å²) >= 11 is 0. The molecule has 0 aromatic heterocycles. The van der Waals surface area contributed by atoms with Gasteiger partial charge in [0.2, 0.25) is 0 Å². The average molecular weight is 330 g/mol. The molecule has 0 spiro atoms. The minimum atomic E-state index is -0.481. The maximum atomic E-state index is 11.8. The van der Waals surface area contributed by atoms with Gasteiger partial charge in [-0.2, -0.15) is 0 Å². The first-order chi connectivity index (χ1) is 10.7.